The Kier molecular flexibility index (Phi) is 8.14. The van der Waals surface area contributed by atoms with Crippen molar-refractivity contribution in [3.63, 3.8) is 0 Å². The minimum absolute atomic E-state index is 0.117. The molecule has 3 aromatic carbocycles. The average molecular weight is 473 g/mol. The van der Waals surface area contributed by atoms with Crippen molar-refractivity contribution in [3.05, 3.63) is 114 Å². The molecule has 7 nitrogen and oxygen atoms in total. The molecule has 1 aliphatic heterocycles. The highest BCUT2D eigenvalue weighted by Crippen LogP contribution is 2.15. The van der Waals surface area contributed by atoms with Gasteiger partial charge in [-0.25, -0.2) is 4.79 Å². The molecule has 0 saturated heterocycles. The van der Waals surface area contributed by atoms with Crippen LogP contribution in [0.5, 0.6) is 5.75 Å². The van der Waals surface area contributed by atoms with Crippen molar-refractivity contribution in [1.82, 2.24) is 10.2 Å². The second-order valence-corrected chi connectivity index (χ2v) is 8.24. The summed E-state index contributed by atoms with van der Waals surface area (Å²) in [5.41, 5.74) is 2.36. The van der Waals surface area contributed by atoms with Gasteiger partial charge >= 0.3 is 6.09 Å². The summed E-state index contributed by atoms with van der Waals surface area (Å²) in [6.45, 7) is 0.984. The third-order valence-corrected chi connectivity index (χ3v) is 5.63. The largest absolute Gasteiger partial charge is 0.489 e. The number of benzene rings is 3. The van der Waals surface area contributed by atoms with Crippen molar-refractivity contribution in [2.45, 2.75) is 25.4 Å². The Bertz CT molecular complexity index is 1130. The molecule has 0 spiro atoms. The van der Waals surface area contributed by atoms with Crippen molar-refractivity contribution in [2.75, 3.05) is 13.1 Å². The second-order valence-electron chi connectivity index (χ2n) is 8.24. The highest BCUT2D eigenvalue weighted by Gasteiger charge is 2.28. The second kappa shape index (κ2) is 11.9. The van der Waals surface area contributed by atoms with E-state index in [1.54, 1.807) is 36.4 Å². The molecule has 1 aliphatic rings. The third-order valence-electron chi connectivity index (χ3n) is 5.63. The van der Waals surface area contributed by atoms with Crippen molar-refractivity contribution >= 4 is 12.0 Å². The topological polar surface area (TPSA) is 88.1 Å². The first-order valence-corrected chi connectivity index (χ1v) is 11.5. The molecule has 0 bridgehead atoms. The molecule has 7 heteroatoms. The van der Waals surface area contributed by atoms with Crippen LogP contribution in [-0.4, -0.2) is 47.2 Å². The Morgan fingerprint density at radius 2 is 1.51 bits per heavy atom. The quantitative estimate of drug-likeness (QED) is 0.509. The summed E-state index contributed by atoms with van der Waals surface area (Å²) in [5, 5.41) is 13.3. The molecule has 35 heavy (non-hydrogen) atoms. The summed E-state index contributed by atoms with van der Waals surface area (Å²) >= 11 is 0. The molecular weight excluding hydrogens is 444 g/mol. The molecule has 0 aliphatic carbocycles. The Balaban J connectivity index is 1.32. The number of nitrogens with one attached hydrogen (secondary N) is 1. The number of hydrogen-bond acceptors (Lipinski definition) is 5. The molecule has 180 valence electrons. The number of aliphatic hydroxyl groups is 1. The van der Waals surface area contributed by atoms with Gasteiger partial charge in [-0.2, -0.15) is 0 Å². The van der Waals surface area contributed by atoms with Crippen LogP contribution in [0.15, 0.2) is 97.1 Å². The van der Waals surface area contributed by atoms with Gasteiger partial charge in [-0.3, -0.25) is 4.79 Å². The number of hydrogen-bond donors (Lipinski definition) is 2. The summed E-state index contributed by atoms with van der Waals surface area (Å²) < 4.78 is 11.2. The van der Waals surface area contributed by atoms with Crippen LogP contribution in [0.2, 0.25) is 0 Å². The Morgan fingerprint density at radius 3 is 2.17 bits per heavy atom. The first-order chi connectivity index (χ1) is 17.1. The summed E-state index contributed by atoms with van der Waals surface area (Å²) in [6.07, 6.45) is 1.83. The maximum atomic E-state index is 12.8. The van der Waals surface area contributed by atoms with Crippen molar-refractivity contribution < 1.29 is 24.2 Å². The number of nitrogens with zero attached hydrogens (tertiary/aromatic N) is 1. The number of rotatable bonds is 7. The summed E-state index contributed by atoms with van der Waals surface area (Å²) in [5.74, 6) is 0.298. The molecule has 0 aromatic heterocycles. The fourth-order valence-corrected chi connectivity index (χ4v) is 3.67. The van der Waals surface area contributed by atoms with E-state index >= 15 is 0 Å². The average Bonchev–Trinajstić information content (AvgIpc) is 3.08. The van der Waals surface area contributed by atoms with E-state index in [9.17, 15) is 14.7 Å². The lowest BCUT2D eigenvalue weighted by atomic mass is 10.1. The van der Waals surface area contributed by atoms with Gasteiger partial charge in [-0.1, -0.05) is 72.8 Å². The lowest BCUT2D eigenvalue weighted by Crippen LogP contribution is -2.50. The Hall–Kier alpha value is -4.10. The van der Waals surface area contributed by atoms with Crippen LogP contribution < -0.4 is 10.1 Å². The van der Waals surface area contributed by atoms with Crippen LogP contribution in [-0.2, 0) is 18.0 Å². The zero-order chi connectivity index (χ0) is 24.5. The smallest absolute Gasteiger partial charge is 0.410 e. The van der Waals surface area contributed by atoms with Crippen LogP contribution in [0, 0.1) is 0 Å². The summed E-state index contributed by atoms with van der Waals surface area (Å²) in [6, 6.07) is 25.3. The van der Waals surface area contributed by atoms with E-state index in [2.05, 4.69) is 5.32 Å². The lowest BCUT2D eigenvalue weighted by Gasteiger charge is -2.26. The molecule has 0 unspecified atom stereocenters. The molecule has 0 radical (unpaired) electrons. The van der Waals surface area contributed by atoms with E-state index in [4.69, 9.17) is 9.47 Å². The predicted octanol–water partition coefficient (Wildman–Crippen LogP) is 3.93. The molecule has 2 N–H and O–H groups in total. The highest BCUT2D eigenvalue weighted by molar-refractivity contribution is 5.94. The SMILES string of the molecule is O=C(N[C@@H]1CN(C(=O)OCc2ccccc2)CC=C[C@H]1O)c1ccc(OCc2ccccc2)cc1. The molecule has 3 aromatic rings. The third kappa shape index (κ3) is 6.94. The van der Waals surface area contributed by atoms with Crippen molar-refractivity contribution in [2.24, 2.45) is 0 Å². The zero-order valence-electron chi connectivity index (χ0n) is 19.2. The van der Waals surface area contributed by atoms with Gasteiger partial charge in [0.15, 0.2) is 0 Å². The van der Waals surface area contributed by atoms with E-state index < -0.39 is 18.2 Å². The van der Waals surface area contributed by atoms with E-state index in [1.807, 2.05) is 60.7 Å². The summed E-state index contributed by atoms with van der Waals surface area (Å²) in [4.78, 5) is 26.9. The van der Waals surface area contributed by atoms with E-state index in [1.165, 1.54) is 4.90 Å². The van der Waals surface area contributed by atoms with Gasteiger partial charge in [0.05, 0.1) is 12.1 Å². The van der Waals surface area contributed by atoms with Crippen molar-refractivity contribution in [3.8, 4) is 5.75 Å². The van der Waals surface area contributed by atoms with Gasteiger partial charge in [-0.15, -0.1) is 0 Å². The van der Waals surface area contributed by atoms with Crippen LogP contribution in [0.25, 0.3) is 0 Å². The van der Waals surface area contributed by atoms with E-state index in [0.717, 1.165) is 11.1 Å². The molecule has 0 saturated carbocycles. The number of carbonyl (C=O) groups is 2. The molecule has 2 amide bonds. The monoisotopic (exact) mass is 472 g/mol. The number of amides is 2. The van der Waals surface area contributed by atoms with Crippen LogP contribution in [0.4, 0.5) is 4.79 Å². The van der Waals surface area contributed by atoms with E-state index in [0.29, 0.717) is 17.9 Å². The number of aliphatic hydroxyl groups excluding tert-OH is 1. The highest BCUT2D eigenvalue weighted by atomic mass is 16.6. The minimum atomic E-state index is -0.931. The normalized spacial score (nSPS) is 17.3. The number of ether oxygens (including phenoxy) is 2. The molecule has 0 fully saturated rings. The maximum absolute atomic E-state index is 12.8. The molecule has 4 rings (SSSR count). The maximum Gasteiger partial charge on any atom is 0.410 e. The van der Waals surface area contributed by atoms with Crippen molar-refractivity contribution in [1.29, 1.82) is 0 Å². The predicted molar refractivity (Wildman–Crippen MR) is 132 cm³/mol. The first-order valence-electron chi connectivity index (χ1n) is 11.5. The Morgan fingerprint density at radius 1 is 0.886 bits per heavy atom. The summed E-state index contributed by atoms with van der Waals surface area (Å²) in [7, 11) is 0. The fraction of sp³-hybridized carbons (Fsp3) is 0.214. The fourth-order valence-electron chi connectivity index (χ4n) is 3.67. The lowest BCUT2D eigenvalue weighted by molar-refractivity contribution is 0.0775. The molecule has 1 heterocycles. The van der Waals surface area contributed by atoms with E-state index in [-0.39, 0.29) is 25.6 Å². The van der Waals surface area contributed by atoms with Crippen LogP contribution in [0.3, 0.4) is 0 Å². The van der Waals surface area contributed by atoms with Gasteiger partial charge in [-0.05, 0) is 35.4 Å². The zero-order valence-corrected chi connectivity index (χ0v) is 19.2. The minimum Gasteiger partial charge on any atom is -0.489 e. The molecular formula is C28H28N2O5. The Labute approximate surface area is 204 Å². The molecule has 2 atom stereocenters. The van der Waals surface area contributed by atoms with Crippen LogP contribution in [0.1, 0.15) is 21.5 Å². The van der Waals surface area contributed by atoms with Gasteiger partial charge < -0.3 is 24.8 Å². The van der Waals surface area contributed by atoms with Gasteiger partial charge in [0.2, 0.25) is 0 Å². The first kappa shape index (κ1) is 24.0. The number of carbonyl (C=O) groups excluding carboxylic acids is 2. The standard InChI is InChI=1S/C28H28N2O5/c31-26-12-7-17-30(28(33)35-20-22-10-5-2-6-11-22)18-25(26)29-27(32)23-13-15-24(16-14-23)34-19-21-8-3-1-4-9-21/h1-16,25-26,31H,17-20H2,(H,29,32)/t25-,26-/m1/s1. The van der Waals surface area contributed by atoms with Crippen LogP contribution >= 0.6 is 0 Å². The van der Waals surface area contributed by atoms with Gasteiger partial charge in [0, 0.05) is 18.7 Å². The van der Waals surface area contributed by atoms with Gasteiger partial charge in [0.25, 0.3) is 5.91 Å². The van der Waals surface area contributed by atoms with Gasteiger partial charge in [0.1, 0.15) is 19.0 Å².